The quantitative estimate of drug-likeness (QED) is 0.316. The second-order valence-electron chi connectivity index (χ2n) is 7.88. The molecule has 1 aliphatic rings. The second-order valence-corrected chi connectivity index (χ2v) is 7.88. The number of H-pyrrole nitrogens is 1. The minimum atomic E-state index is 0. The third kappa shape index (κ3) is 6.62. The van der Waals surface area contributed by atoms with E-state index in [1.807, 2.05) is 0 Å². The summed E-state index contributed by atoms with van der Waals surface area (Å²) in [6.07, 6.45) is 7.08. The van der Waals surface area contributed by atoms with E-state index < -0.39 is 0 Å². The van der Waals surface area contributed by atoms with Crippen LogP contribution in [0.1, 0.15) is 43.4 Å². The molecular formula is C22H34IN5O. The number of aryl methyl sites for hydroxylation is 1. The van der Waals surface area contributed by atoms with E-state index in [0.717, 1.165) is 18.9 Å². The Bertz CT molecular complexity index is 824. The third-order valence-corrected chi connectivity index (χ3v) is 5.51. The van der Waals surface area contributed by atoms with Crippen molar-refractivity contribution in [2.24, 2.45) is 4.99 Å². The SMILES string of the molecule is Cc1[nH]c2ccccc2c1CCNC(=NCC(=O)N(C)C)NC1CCCCC1.I. The highest BCUT2D eigenvalue weighted by atomic mass is 127. The van der Waals surface area contributed by atoms with Crippen LogP contribution >= 0.6 is 24.0 Å². The number of fused-ring (bicyclic) bond motifs is 1. The van der Waals surface area contributed by atoms with Gasteiger partial charge >= 0.3 is 0 Å². The van der Waals surface area contributed by atoms with E-state index in [9.17, 15) is 4.79 Å². The Morgan fingerprint density at radius 3 is 2.66 bits per heavy atom. The second kappa shape index (κ2) is 11.4. The molecule has 0 radical (unpaired) electrons. The van der Waals surface area contributed by atoms with Crippen LogP contribution in [0.4, 0.5) is 0 Å². The Labute approximate surface area is 190 Å². The molecule has 0 unspecified atom stereocenters. The lowest BCUT2D eigenvalue weighted by atomic mass is 9.96. The monoisotopic (exact) mass is 511 g/mol. The Kier molecular flexibility index (Phi) is 9.26. The largest absolute Gasteiger partial charge is 0.358 e. The topological polar surface area (TPSA) is 72.5 Å². The number of carbonyl (C=O) groups is 1. The summed E-state index contributed by atoms with van der Waals surface area (Å²) < 4.78 is 0. The van der Waals surface area contributed by atoms with E-state index in [4.69, 9.17) is 0 Å². The number of hydrogen-bond acceptors (Lipinski definition) is 2. The zero-order chi connectivity index (χ0) is 19.9. The first-order chi connectivity index (χ1) is 13.5. The lowest BCUT2D eigenvalue weighted by Crippen LogP contribution is -2.45. The van der Waals surface area contributed by atoms with Gasteiger partial charge in [-0.05, 0) is 37.8 Å². The highest BCUT2D eigenvalue weighted by Crippen LogP contribution is 2.22. The molecular weight excluding hydrogens is 477 g/mol. The molecule has 1 heterocycles. The van der Waals surface area contributed by atoms with Gasteiger partial charge in [-0.25, -0.2) is 4.99 Å². The van der Waals surface area contributed by atoms with Crippen molar-refractivity contribution in [3.8, 4) is 0 Å². The smallest absolute Gasteiger partial charge is 0.243 e. The van der Waals surface area contributed by atoms with Crippen molar-refractivity contribution >= 4 is 46.7 Å². The molecule has 1 amide bonds. The number of rotatable bonds is 6. The lowest BCUT2D eigenvalue weighted by Gasteiger charge is -2.25. The normalized spacial score (nSPS) is 15.1. The maximum Gasteiger partial charge on any atom is 0.243 e. The Morgan fingerprint density at radius 2 is 1.93 bits per heavy atom. The fraction of sp³-hybridized carbons (Fsp3) is 0.545. The minimum Gasteiger partial charge on any atom is -0.358 e. The van der Waals surface area contributed by atoms with Crippen molar-refractivity contribution in [2.45, 2.75) is 51.5 Å². The van der Waals surface area contributed by atoms with Crippen molar-refractivity contribution in [2.75, 3.05) is 27.2 Å². The summed E-state index contributed by atoms with van der Waals surface area (Å²) >= 11 is 0. The first-order valence-corrected chi connectivity index (χ1v) is 10.4. The zero-order valence-electron chi connectivity index (χ0n) is 17.8. The number of guanidine groups is 1. The number of halogens is 1. The lowest BCUT2D eigenvalue weighted by molar-refractivity contribution is -0.127. The number of nitrogens with zero attached hydrogens (tertiary/aromatic N) is 2. The molecule has 1 aliphatic carbocycles. The van der Waals surface area contributed by atoms with E-state index in [0.29, 0.717) is 6.04 Å². The van der Waals surface area contributed by atoms with Crippen molar-refractivity contribution in [3.63, 3.8) is 0 Å². The van der Waals surface area contributed by atoms with Crippen LogP contribution in [0.25, 0.3) is 10.9 Å². The average Bonchev–Trinajstić information content (AvgIpc) is 3.01. The predicted molar refractivity (Wildman–Crippen MR) is 131 cm³/mol. The summed E-state index contributed by atoms with van der Waals surface area (Å²) in [5.41, 5.74) is 3.73. The molecule has 0 bridgehead atoms. The highest BCUT2D eigenvalue weighted by molar-refractivity contribution is 14.0. The number of aliphatic imine (C=N–C) groups is 1. The molecule has 0 saturated heterocycles. The molecule has 3 rings (SSSR count). The van der Waals surface area contributed by atoms with E-state index in [2.05, 4.69) is 51.8 Å². The van der Waals surface area contributed by atoms with Crippen LogP contribution in [0, 0.1) is 6.92 Å². The number of aromatic amines is 1. The van der Waals surface area contributed by atoms with Crippen LogP contribution in [0.15, 0.2) is 29.3 Å². The number of para-hydroxylation sites is 1. The Balaban J connectivity index is 0.00000300. The van der Waals surface area contributed by atoms with Gasteiger partial charge in [0.25, 0.3) is 0 Å². The molecule has 7 heteroatoms. The fourth-order valence-electron chi connectivity index (χ4n) is 3.84. The van der Waals surface area contributed by atoms with Gasteiger partial charge < -0.3 is 20.5 Å². The number of aromatic nitrogens is 1. The van der Waals surface area contributed by atoms with Gasteiger partial charge in [-0.3, -0.25) is 4.79 Å². The standard InChI is InChI=1S/C22H33N5O.HI/c1-16-18(19-11-7-8-12-20(19)25-16)13-14-23-22(24-15-21(28)27(2)3)26-17-9-5-4-6-10-17;/h7-8,11-12,17,25H,4-6,9-10,13-15H2,1-3H3,(H2,23,24,26);1H. The van der Waals surface area contributed by atoms with Gasteiger partial charge in [-0.15, -0.1) is 24.0 Å². The van der Waals surface area contributed by atoms with Gasteiger partial charge in [0.05, 0.1) is 0 Å². The number of hydrogen-bond donors (Lipinski definition) is 3. The molecule has 1 saturated carbocycles. The van der Waals surface area contributed by atoms with E-state index in [-0.39, 0.29) is 36.4 Å². The number of likely N-dealkylation sites (N-methyl/N-ethyl adjacent to an activating group) is 1. The molecule has 6 nitrogen and oxygen atoms in total. The number of benzene rings is 1. The Hall–Kier alpha value is -1.77. The van der Waals surface area contributed by atoms with Gasteiger partial charge in [0.1, 0.15) is 6.54 Å². The zero-order valence-corrected chi connectivity index (χ0v) is 20.1. The summed E-state index contributed by atoms with van der Waals surface area (Å²) in [5.74, 6) is 0.761. The van der Waals surface area contributed by atoms with Crippen molar-refractivity contribution in [1.82, 2.24) is 20.5 Å². The van der Waals surface area contributed by atoms with Gasteiger partial charge in [0.2, 0.25) is 5.91 Å². The van der Waals surface area contributed by atoms with Crippen LogP contribution in [0.5, 0.6) is 0 Å². The molecule has 0 spiro atoms. The Morgan fingerprint density at radius 1 is 1.21 bits per heavy atom. The van der Waals surface area contributed by atoms with Crippen LogP contribution in [0.2, 0.25) is 0 Å². The van der Waals surface area contributed by atoms with Gasteiger partial charge in [-0.2, -0.15) is 0 Å². The van der Waals surface area contributed by atoms with Crippen LogP contribution < -0.4 is 10.6 Å². The summed E-state index contributed by atoms with van der Waals surface area (Å²) in [6.45, 7) is 3.07. The molecule has 1 aromatic heterocycles. The summed E-state index contributed by atoms with van der Waals surface area (Å²) in [5, 5.41) is 8.27. The first-order valence-electron chi connectivity index (χ1n) is 10.4. The third-order valence-electron chi connectivity index (χ3n) is 5.51. The molecule has 0 atom stereocenters. The first kappa shape index (κ1) is 23.5. The van der Waals surface area contributed by atoms with E-state index in [1.54, 1.807) is 19.0 Å². The molecule has 160 valence electrons. The van der Waals surface area contributed by atoms with E-state index in [1.165, 1.54) is 54.3 Å². The average molecular weight is 511 g/mol. The van der Waals surface area contributed by atoms with Gasteiger partial charge in [-0.1, -0.05) is 37.5 Å². The van der Waals surface area contributed by atoms with Crippen molar-refractivity contribution in [3.05, 3.63) is 35.5 Å². The summed E-state index contributed by atoms with van der Waals surface area (Å²) in [4.78, 5) is 21.5. The van der Waals surface area contributed by atoms with E-state index >= 15 is 0 Å². The number of amides is 1. The molecule has 0 aliphatic heterocycles. The molecule has 29 heavy (non-hydrogen) atoms. The maximum atomic E-state index is 12.0. The predicted octanol–water partition coefficient (Wildman–Crippen LogP) is 3.59. The number of carbonyl (C=O) groups excluding carboxylic acids is 1. The van der Waals surface area contributed by atoms with Crippen molar-refractivity contribution < 1.29 is 4.79 Å². The minimum absolute atomic E-state index is 0. The van der Waals surface area contributed by atoms with Crippen LogP contribution in [-0.2, 0) is 11.2 Å². The molecule has 3 N–H and O–H groups in total. The summed E-state index contributed by atoms with van der Waals surface area (Å²) in [7, 11) is 3.53. The molecule has 1 aromatic carbocycles. The summed E-state index contributed by atoms with van der Waals surface area (Å²) in [6, 6.07) is 8.87. The van der Waals surface area contributed by atoms with Crippen LogP contribution in [0.3, 0.4) is 0 Å². The number of nitrogens with one attached hydrogen (secondary N) is 3. The van der Waals surface area contributed by atoms with Crippen molar-refractivity contribution in [1.29, 1.82) is 0 Å². The van der Waals surface area contributed by atoms with Gasteiger partial charge in [0, 0.05) is 43.3 Å². The maximum absolute atomic E-state index is 12.0. The van der Waals surface area contributed by atoms with Crippen LogP contribution in [-0.4, -0.2) is 55.0 Å². The molecule has 2 aromatic rings. The molecule has 1 fully saturated rings. The van der Waals surface area contributed by atoms with Gasteiger partial charge in [0.15, 0.2) is 5.96 Å². The fourth-order valence-corrected chi connectivity index (χ4v) is 3.84. The highest BCUT2D eigenvalue weighted by Gasteiger charge is 2.15.